The van der Waals surface area contributed by atoms with Crippen molar-refractivity contribution in [2.75, 3.05) is 0 Å². The number of carboxylic acid groups (broad SMARTS) is 1. The van der Waals surface area contributed by atoms with Crippen molar-refractivity contribution < 1.29 is 37.0 Å². The van der Waals surface area contributed by atoms with E-state index in [0.717, 1.165) is 6.07 Å². The van der Waals surface area contributed by atoms with Crippen molar-refractivity contribution in [3.05, 3.63) is 71.0 Å². The highest BCUT2D eigenvalue weighted by atomic mass is 19.4. The number of hydrogen-bond donors (Lipinski definition) is 2. The zero-order valence-corrected chi connectivity index (χ0v) is 13.8. The van der Waals surface area contributed by atoms with Gasteiger partial charge in [0.15, 0.2) is 0 Å². The maximum Gasteiger partial charge on any atom is 0.419 e. The Labute approximate surface area is 151 Å². The van der Waals surface area contributed by atoms with Gasteiger partial charge in [-0.25, -0.2) is 9.18 Å². The van der Waals surface area contributed by atoms with E-state index in [2.05, 4.69) is 5.32 Å². The van der Waals surface area contributed by atoms with Crippen LogP contribution in [0.4, 0.5) is 22.4 Å². The molecular weight excluding hydrogens is 370 g/mol. The van der Waals surface area contributed by atoms with Crippen LogP contribution >= 0.6 is 0 Å². The minimum absolute atomic E-state index is 0.107. The van der Waals surface area contributed by atoms with Crippen molar-refractivity contribution in [2.24, 2.45) is 0 Å². The van der Waals surface area contributed by atoms with E-state index in [0.29, 0.717) is 17.7 Å². The van der Waals surface area contributed by atoms with E-state index in [1.807, 2.05) is 0 Å². The van der Waals surface area contributed by atoms with Crippen LogP contribution in [0.15, 0.2) is 48.5 Å². The van der Waals surface area contributed by atoms with Gasteiger partial charge in [-0.05, 0) is 23.3 Å². The molecule has 0 fully saturated rings. The second-order valence-corrected chi connectivity index (χ2v) is 5.59. The molecule has 0 aliphatic carbocycles. The first kappa shape index (κ1) is 20.2. The lowest BCUT2D eigenvalue weighted by Crippen LogP contribution is -2.31. The smallest absolute Gasteiger partial charge is 0.419 e. The predicted molar refractivity (Wildman–Crippen MR) is 86.2 cm³/mol. The zero-order chi connectivity index (χ0) is 20.0. The van der Waals surface area contributed by atoms with E-state index in [9.17, 15) is 27.2 Å². The molecule has 1 amide bonds. The topological polar surface area (TPSA) is 75.6 Å². The number of rotatable bonds is 6. The van der Waals surface area contributed by atoms with Crippen molar-refractivity contribution in [2.45, 2.75) is 25.2 Å². The summed E-state index contributed by atoms with van der Waals surface area (Å²) in [6, 6.07) is 9.30. The van der Waals surface area contributed by atoms with Crippen molar-refractivity contribution in [3.63, 3.8) is 0 Å². The second-order valence-electron chi connectivity index (χ2n) is 5.59. The lowest BCUT2D eigenvalue weighted by Gasteiger charge is -2.19. The summed E-state index contributed by atoms with van der Waals surface area (Å²) >= 11 is 0. The third-order valence-corrected chi connectivity index (χ3v) is 3.58. The van der Waals surface area contributed by atoms with Crippen LogP contribution in [0, 0.1) is 5.82 Å². The molecule has 0 saturated heterocycles. The van der Waals surface area contributed by atoms with Crippen molar-refractivity contribution in [3.8, 4) is 0 Å². The molecule has 2 aromatic carbocycles. The van der Waals surface area contributed by atoms with E-state index < -0.39 is 42.1 Å². The standard InChI is InChI=1S/C18H15F4NO4/c19-14-7-6-12(8-13(14)18(20,21)22)15(9-16(24)25)23-17(26)27-10-11-4-2-1-3-5-11/h1-8,15H,9-10H2,(H,23,26)(H,24,25)/t15-/m0/s1. The molecule has 1 atom stereocenters. The van der Waals surface area contributed by atoms with Crippen molar-refractivity contribution >= 4 is 12.1 Å². The van der Waals surface area contributed by atoms with Gasteiger partial charge in [-0.1, -0.05) is 36.4 Å². The SMILES string of the molecule is O=C(O)C[C@H](NC(=O)OCc1ccccc1)c1ccc(F)c(C(F)(F)F)c1. The van der Waals surface area contributed by atoms with E-state index in [4.69, 9.17) is 9.84 Å². The molecule has 5 nitrogen and oxygen atoms in total. The minimum atomic E-state index is -4.96. The number of carbonyl (C=O) groups is 2. The first-order chi connectivity index (χ1) is 12.7. The largest absolute Gasteiger partial charge is 0.481 e. The van der Waals surface area contributed by atoms with Crippen LogP contribution in [0.5, 0.6) is 0 Å². The van der Waals surface area contributed by atoms with Crippen molar-refractivity contribution in [1.29, 1.82) is 0 Å². The molecule has 2 N–H and O–H groups in total. The first-order valence-electron chi connectivity index (χ1n) is 7.72. The van der Waals surface area contributed by atoms with Crippen LogP contribution in [0.2, 0.25) is 0 Å². The second kappa shape index (κ2) is 8.52. The summed E-state index contributed by atoms with van der Waals surface area (Å²) < 4.78 is 56.9. The average Bonchev–Trinajstić information content (AvgIpc) is 2.59. The Morgan fingerprint density at radius 1 is 1.11 bits per heavy atom. The van der Waals surface area contributed by atoms with Gasteiger partial charge in [-0.2, -0.15) is 13.2 Å². The van der Waals surface area contributed by atoms with Crippen LogP contribution in [0.25, 0.3) is 0 Å². The van der Waals surface area contributed by atoms with Gasteiger partial charge in [0.05, 0.1) is 18.0 Å². The summed E-state index contributed by atoms with van der Waals surface area (Å²) in [6.45, 7) is -0.107. The van der Waals surface area contributed by atoms with Gasteiger partial charge in [-0.15, -0.1) is 0 Å². The molecule has 9 heteroatoms. The monoisotopic (exact) mass is 385 g/mol. The number of amides is 1. The number of nitrogens with one attached hydrogen (secondary N) is 1. The van der Waals surface area contributed by atoms with Gasteiger partial charge >= 0.3 is 18.2 Å². The Bertz CT molecular complexity index is 809. The summed E-state index contributed by atoms with van der Waals surface area (Å²) in [6.07, 6.45) is -6.67. The van der Waals surface area contributed by atoms with Crippen LogP contribution < -0.4 is 5.32 Å². The van der Waals surface area contributed by atoms with Gasteiger partial charge in [0.2, 0.25) is 0 Å². The van der Waals surface area contributed by atoms with Crippen LogP contribution in [-0.4, -0.2) is 17.2 Å². The van der Waals surface area contributed by atoms with Crippen molar-refractivity contribution in [1.82, 2.24) is 5.32 Å². The molecule has 27 heavy (non-hydrogen) atoms. The predicted octanol–water partition coefficient (Wildman–Crippen LogP) is 4.29. The molecule has 0 aromatic heterocycles. The van der Waals surface area contributed by atoms with Crippen LogP contribution in [0.3, 0.4) is 0 Å². The molecule has 0 spiro atoms. The number of aliphatic carboxylic acids is 1. The van der Waals surface area contributed by atoms with Gasteiger partial charge in [0, 0.05) is 0 Å². The highest BCUT2D eigenvalue weighted by Crippen LogP contribution is 2.33. The van der Waals surface area contributed by atoms with Gasteiger partial charge < -0.3 is 15.2 Å². The molecule has 0 aliphatic rings. The molecule has 0 unspecified atom stereocenters. The number of benzene rings is 2. The minimum Gasteiger partial charge on any atom is -0.481 e. The van der Waals surface area contributed by atoms with Gasteiger partial charge in [0.25, 0.3) is 0 Å². The highest BCUT2D eigenvalue weighted by molar-refractivity contribution is 5.72. The third-order valence-electron chi connectivity index (χ3n) is 3.58. The van der Waals surface area contributed by atoms with E-state index in [-0.39, 0.29) is 12.2 Å². The quantitative estimate of drug-likeness (QED) is 0.728. The number of halogens is 4. The lowest BCUT2D eigenvalue weighted by molar-refractivity contribution is -0.140. The number of alkyl carbamates (subject to hydrolysis) is 1. The molecule has 0 radical (unpaired) electrons. The zero-order valence-electron chi connectivity index (χ0n) is 13.8. The Morgan fingerprint density at radius 3 is 2.37 bits per heavy atom. The molecule has 2 aromatic rings. The molecule has 0 saturated carbocycles. The highest BCUT2D eigenvalue weighted by Gasteiger charge is 2.35. The normalized spacial score (nSPS) is 12.3. The third kappa shape index (κ3) is 5.98. The Balaban J connectivity index is 2.15. The summed E-state index contributed by atoms with van der Waals surface area (Å²) in [4.78, 5) is 22.9. The van der Waals surface area contributed by atoms with E-state index in [1.165, 1.54) is 0 Å². The lowest BCUT2D eigenvalue weighted by atomic mass is 10.0. The maximum absolute atomic E-state index is 13.4. The first-order valence-corrected chi connectivity index (χ1v) is 7.72. The summed E-state index contributed by atoms with van der Waals surface area (Å²) in [5, 5.41) is 11.2. The summed E-state index contributed by atoms with van der Waals surface area (Å²) in [5.41, 5.74) is -1.08. The molecule has 0 bridgehead atoms. The Kier molecular flexibility index (Phi) is 6.38. The summed E-state index contributed by atoms with van der Waals surface area (Å²) in [5.74, 6) is -2.85. The number of carboxylic acids is 1. The Morgan fingerprint density at radius 2 is 1.78 bits per heavy atom. The number of ether oxygens (including phenoxy) is 1. The molecular formula is C18H15F4NO4. The number of hydrogen-bond acceptors (Lipinski definition) is 3. The van der Waals surface area contributed by atoms with E-state index in [1.54, 1.807) is 30.3 Å². The fourth-order valence-electron chi connectivity index (χ4n) is 2.31. The fourth-order valence-corrected chi connectivity index (χ4v) is 2.31. The van der Waals surface area contributed by atoms with Crippen LogP contribution in [0.1, 0.15) is 29.2 Å². The van der Waals surface area contributed by atoms with E-state index >= 15 is 0 Å². The van der Waals surface area contributed by atoms with Gasteiger partial charge in [-0.3, -0.25) is 4.79 Å². The number of carbonyl (C=O) groups excluding carboxylic acids is 1. The fraction of sp³-hybridized carbons (Fsp3) is 0.222. The molecule has 144 valence electrons. The molecule has 0 aliphatic heterocycles. The Hall–Kier alpha value is -3.10. The number of alkyl halides is 3. The summed E-state index contributed by atoms with van der Waals surface area (Å²) in [7, 11) is 0. The molecule has 0 heterocycles. The average molecular weight is 385 g/mol. The molecule has 2 rings (SSSR count). The van der Waals surface area contributed by atoms with Crippen LogP contribution in [-0.2, 0) is 22.3 Å². The van der Waals surface area contributed by atoms with Gasteiger partial charge in [0.1, 0.15) is 12.4 Å². The maximum atomic E-state index is 13.4.